The van der Waals surface area contributed by atoms with Gasteiger partial charge in [-0.15, -0.1) is 24.0 Å². The van der Waals surface area contributed by atoms with E-state index in [0.717, 1.165) is 11.6 Å². The molecule has 0 aliphatic heterocycles. The smallest absolute Gasteiger partial charge is 0.251 e. The minimum Gasteiger partial charge on any atom is -0.357 e. The van der Waals surface area contributed by atoms with Crippen molar-refractivity contribution in [2.24, 2.45) is 4.99 Å². The van der Waals surface area contributed by atoms with Crippen LogP contribution < -0.4 is 16.0 Å². The van der Waals surface area contributed by atoms with Crippen LogP contribution in [0.4, 0.5) is 8.78 Å². The van der Waals surface area contributed by atoms with E-state index in [1.165, 1.54) is 12.1 Å². The van der Waals surface area contributed by atoms with Crippen molar-refractivity contribution in [3.05, 3.63) is 70.8 Å². The van der Waals surface area contributed by atoms with Gasteiger partial charge in [0, 0.05) is 38.3 Å². The number of hydrogen-bond acceptors (Lipinski definition) is 2. The molecule has 0 fully saturated rings. The van der Waals surface area contributed by atoms with Crippen LogP contribution >= 0.6 is 24.0 Å². The van der Waals surface area contributed by atoms with Gasteiger partial charge in [0.25, 0.3) is 5.91 Å². The molecule has 0 spiro atoms. The van der Waals surface area contributed by atoms with Crippen LogP contribution in [0, 0.1) is 11.6 Å². The van der Waals surface area contributed by atoms with Crippen molar-refractivity contribution < 1.29 is 13.6 Å². The molecule has 0 unspecified atom stereocenters. The summed E-state index contributed by atoms with van der Waals surface area (Å²) in [6, 6.07) is 11.0. The molecular weight excluding hydrogens is 489 g/mol. The first kappa shape index (κ1) is 24.8. The fraction of sp³-hybridized carbons (Fsp3) is 0.333. The van der Waals surface area contributed by atoms with E-state index in [2.05, 4.69) is 20.9 Å². The Labute approximate surface area is 187 Å². The molecule has 0 aromatic heterocycles. The van der Waals surface area contributed by atoms with E-state index < -0.39 is 11.6 Å². The molecule has 0 aliphatic rings. The van der Waals surface area contributed by atoms with E-state index in [0.29, 0.717) is 49.6 Å². The van der Waals surface area contributed by atoms with Gasteiger partial charge in [-0.05, 0) is 55.2 Å². The third kappa shape index (κ3) is 8.76. The second kappa shape index (κ2) is 13.1. The lowest BCUT2D eigenvalue weighted by molar-refractivity contribution is 0.0963. The third-order valence-electron chi connectivity index (χ3n) is 4.06. The van der Waals surface area contributed by atoms with Crippen molar-refractivity contribution >= 4 is 35.8 Å². The number of benzene rings is 2. The van der Waals surface area contributed by atoms with Crippen molar-refractivity contribution in [1.82, 2.24) is 16.0 Å². The summed E-state index contributed by atoms with van der Waals surface area (Å²) < 4.78 is 26.5. The normalized spacial score (nSPS) is 10.8. The molecule has 3 N–H and O–H groups in total. The Hall–Kier alpha value is -2.23. The van der Waals surface area contributed by atoms with Gasteiger partial charge in [-0.2, -0.15) is 0 Å². The number of amides is 1. The van der Waals surface area contributed by atoms with Crippen molar-refractivity contribution in [3.8, 4) is 0 Å². The summed E-state index contributed by atoms with van der Waals surface area (Å²) in [7, 11) is 1.60. The summed E-state index contributed by atoms with van der Waals surface area (Å²) in [5.74, 6) is -0.625. The predicted molar refractivity (Wildman–Crippen MR) is 123 cm³/mol. The van der Waals surface area contributed by atoms with Gasteiger partial charge in [0.05, 0.1) is 0 Å². The van der Waals surface area contributed by atoms with Gasteiger partial charge in [0.2, 0.25) is 0 Å². The number of guanidine groups is 1. The lowest BCUT2D eigenvalue weighted by Gasteiger charge is -2.11. The minimum absolute atomic E-state index is 0. The molecule has 0 aliphatic carbocycles. The van der Waals surface area contributed by atoms with Crippen molar-refractivity contribution in [1.29, 1.82) is 0 Å². The third-order valence-corrected chi connectivity index (χ3v) is 4.06. The summed E-state index contributed by atoms with van der Waals surface area (Å²) in [5, 5.41) is 8.92. The summed E-state index contributed by atoms with van der Waals surface area (Å²) >= 11 is 0. The molecule has 0 heterocycles. The molecule has 29 heavy (non-hydrogen) atoms. The zero-order valence-electron chi connectivity index (χ0n) is 16.6. The van der Waals surface area contributed by atoms with Gasteiger partial charge >= 0.3 is 0 Å². The molecule has 158 valence electrons. The van der Waals surface area contributed by atoms with Gasteiger partial charge in [-0.1, -0.05) is 12.1 Å². The second-order valence-corrected chi connectivity index (χ2v) is 6.24. The van der Waals surface area contributed by atoms with Crippen LogP contribution in [-0.4, -0.2) is 38.5 Å². The van der Waals surface area contributed by atoms with Crippen LogP contribution in [-0.2, 0) is 12.8 Å². The van der Waals surface area contributed by atoms with Gasteiger partial charge < -0.3 is 16.0 Å². The topological polar surface area (TPSA) is 65.5 Å². The maximum Gasteiger partial charge on any atom is 0.251 e. The number of aliphatic imine (C=N–C) groups is 1. The summed E-state index contributed by atoms with van der Waals surface area (Å²) in [6.07, 6.45) is 1.17. The number of nitrogens with one attached hydrogen (secondary N) is 3. The van der Waals surface area contributed by atoms with Crippen LogP contribution in [0.5, 0.6) is 0 Å². The molecule has 1 amide bonds. The molecule has 0 saturated carbocycles. The highest BCUT2D eigenvalue weighted by molar-refractivity contribution is 14.0. The Morgan fingerprint density at radius 3 is 2.38 bits per heavy atom. The lowest BCUT2D eigenvalue weighted by atomic mass is 10.1. The Balaban J connectivity index is 0.00000420. The number of rotatable bonds is 8. The molecule has 2 aromatic rings. The van der Waals surface area contributed by atoms with E-state index >= 15 is 0 Å². The molecule has 0 saturated heterocycles. The predicted octanol–water partition coefficient (Wildman–Crippen LogP) is 3.28. The monoisotopic (exact) mass is 516 g/mol. The number of hydrogen-bond donors (Lipinski definition) is 3. The zero-order chi connectivity index (χ0) is 20.4. The number of carbonyl (C=O) groups excluding carboxylic acids is 1. The highest BCUT2D eigenvalue weighted by Crippen LogP contribution is 2.08. The van der Waals surface area contributed by atoms with Gasteiger partial charge in [-0.25, -0.2) is 8.78 Å². The van der Waals surface area contributed by atoms with Gasteiger partial charge in [-0.3, -0.25) is 9.79 Å². The maximum absolute atomic E-state index is 13.2. The molecule has 0 bridgehead atoms. The van der Waals surface area contributed by atoms with Crippen LogP contribution in [0.1, 0.15) is 28.4 Å². The van der Waals surface area contributed by atoms with Crippen LogP contribution in [0.15, 0.2) is 47.5 Å². The SMILES string of the molecule is CCNC(=NCCc1cccc(C(=O)NC)c1)NCCc1cc(F)cc(F)c1.I. The molecular formula is C21H27F2IN4O. The molecule has 2 aromatic carbocycles. The average Bonchev–Trinajstić information content (AvgIpc) is 2.67. The van der Waals surface area contributed by atoms with Crippen LogP contribution in [0.2, 0.25) is 0 Å². The highest BCUT2D eigenvalue weighted by atomic mass is 127. The zero-order valence-corrected chi connectivity index (χ0v) is 18.9. The molecule has 0 radical (unpaired) electrons. The average molecular weight is 516 g/mol. The Bertz CT molecular complexity index is 810. The first-order valence-corrected chi connectivity index (χ1v) is 9.30. The molecule has 2 rings (SSSR count). The molecule has 5 nitrogen and oxygen atoms in total. The largest absolute Gasteiger partial charge is 0.357 e. The van der Waals surface area contributed by atoms with Crippen molar-refractivity contribution in [3.63, 3.8) is 0 Å². The van der Waals surface area contributed by atoms with Crippen LogP contribution in [0.25, 0.3) is 0 Å². The maximum atomic E-state index is 13.2. The Morgan fingerprint density at radius 1 is 1.00 bits per heavy atom. The van der Waals surface area contributed by atoms with E-state index in [9.17, 15) is 13.6 Å². The highest BCUT2D eigenvalue weighted by Gasteiger charge is 2.04. The van der Waals surface area contributed by atoms with Crippen molar-refractivity contribution in [2.75, 3.05) is 26.7 Å². The van der Waals surface area contributed by atoms with E-state index in [4.69, 9.17) is 0 Å². The number of carbonyl (C=O) groups is 1. The van der Waals surface area contributed by atoms with Crippen LogP contribution in [0.3, 0.4) is 0 Å². The quantitative estimate of drug-likeness (QED) is 0.287. The fourth-order valence-corrected chi connectivity index (χ4v) is 2.73. The summed E-state index contributed by atoms with van der Waals surface area (Å²) in [6.45, 7) is 3.71. The standard InChI is InChI=1S/C21H26F2N4O.HI/c1-3-25-21(27-10-8-16-12-18(22)14-19(23)13-16)26-9-7-15-5-4-6-17(11-15)20(28)24-2;/h4-6,11-14H,3,7-10H2,1-2H3,(H,24,28)(H2,25,26,27);1H. The molecule has 0 atom stereocenters. The number of halogens is 3. The lowest BCUT2D eigenvalue weighted by Crippen LogP contribution is -2.38. The van der Waals surface area contributed by atoms with E-state index in [1.54, 1.807) is 13.1 Å². The Morgan fingerprint density at radius 2 is 1.72 bits per heavy atom. The first-order chi connectivity index (χ1) is 13.5. The Kier molecular flexibility index (Phi) is 11.2. The van der Waals surface area contributed by atoms with Crippen molar-refractivity contribution in [2.45, 2.75) is 19.8 Å². The first-order valence-electron chi connectivity index (χ1n) is 9.30. The second-order valence-electron chi connectivity index (χ2n) is 6.24. The van der Waals surface area contributed by atoms with Gasteiger partial charge in [0.1, 0.15) is 11.6 Å². The minimum atomic E-state index is -0.574. The molecule has 8 heteroatoms. The van der Waals surface area contributed by atoms with Gasteiger partial charge in [0.15, 0.2) is 5.96 Å². The number of nitrogens with zero attached hydrogens (tertiary/aromatic N) is 1. The van der Waals surface area contributed by atoms with E-state index in [-0.39, 0.29) is 29.9 Å². The fourth-order valence-electron chi connectivity index (χ4n) is 2.73. The summed E-state index contributed by atoms with van der Waals surface area (Å²) in [4.78, 5) is 16.2. The van der Waals surface area contributed by atoms with E-state index in [1.807, 2.05) is 25.1 Å². The summed E-state index contributed by atoms with van der Waals surface area (Å²) in [5.41, 5.74) is 2.24.